The molecule has 0 unspecified atom stereocenters. The molecule has 156 valence electrons. The summed E-state index contributed by atoms with van der Waals surface area (Å²) in [6, 6.07) is 3.80. The monoisotopic (exact) mass is 417 g/mol. The topological polar surface area (TPSA) is 81.7 Å². The number of methoxy groups -OCH3 is 1. The van der Waals surface area contributed by atoms with E-state index >= 15 is 0 Å². The zero-order valence-electron chi connectivity index (χ0n) is 17.4. The Kier molecular flexibility index (Phi) is 6.27. The molecule has 0 aromatic carbocycles. The van der Waals surface area contributed by atoms with Gasteiger partial charge in [-0.3, -0.25) is 9.59 Å². The van der Waals surface area contributed by atoms with Crippen LogP contribution in [0.25, 0.3) is 0 Å². The minimum absolute atomic E-state index is 0.188. The van der Waals surface area contributed by atoms with Crippen LogP contribution in [0.2, 0.25) is 0 Å². The number of dihydropyridines is 1. The van der Waals surface area contributed by atoms with Gasteiger partial charge < -0.3 is 14.8 Å². The van der Waals surface area contributed by atoms with Crippen LogP contribution in [0.15, 0.2) is 40.1 Å². The second kappa shape index (κ2) is 8.53. The number of carbonyl (C=O) groups excluding carboxylic acids is 3. The van der Waals surface area contributed by atoms with Gasteiger partial charge in [0.25, 0.3) is 0 Å². The van der Waals surface area contributed by atoms with Crippen molar-refractivity contribution in [3.05, 3.63) is 44.9 Å². The van der Waals surface area contributed by atoms with Crippen molar-refractivity contribution in [3.8, 4) is 0 Å². The minimum atomic E-state index is -0.867. The molecule has 2 heterocycles. The van der Waals surface area contributed by atoms with Gasteiger partial charge in [0.1, 0.15) is 5.92 Å². The van der Waals surface area contributed by atoms with Crippen molar-refractivity contribution in [2.45, 2.75) is 52.6 Å². The van der Waals surface area contributed by atoms with Crippen LogP contribution in [0.3, 0.4) is 0 Å². The van der Waals surface area contributed by atoms with Gasteiger partial charge in [-0.05, 0) is 44.1 Å². The van der Waals surface area contributed by atoms with Crippen LogP contribution in [-0.4, -0.2) is 30.9 Å². The molecule has 0 bridgehead atoms. The SMILES string of the molecule is CC[C@H](C)OC(=O)C1=C(C)NC2=C(C(=O)[C@H](C(=O)OC)[C@H](C)C2)[C@@H]1c1cccs1. The predicted octanol–water partition coefficient (Wildman–Crippen LogP) is 3.70. The van der Waals surface area contributed by atoms with Crippen LogP contribution in [0.4, 0.5) is 0 Å². The highest BCUT2D eigenvalue weighted by molar-refractivity contribution is 7.10. The number of esters is 2. The van der Waals surface area contributed by atoms with Crippen LogP contribution in [0.1, 0.15) is 51.3 Å². The Morgan fingerprint density at radius 2 is 2.10 bits per heavy atom. The quantitative estimate of drug-likeness (QED) is 0.581. The van der Waals surface area contributed by atoms with Gasteiger partial charge in [-0.2, -0.15) is 0 Å². The molecular weight excluding hydrogens is 390 g/mol. The summed E-state index contributed by atoms with van der Waals surface area (Å²) >= 11 is 1.48. The number of ether oxygens (including phenoxy) is 2. The Hall–Kier alpha value is -2.41. The van der Waals surface area contributed by atoms with E-state index in [1.54, 1.807) is 0 Å². The van der Waals surface area contributed by atoms with E-state index in [1.165, 1.54) is 18.4 Å². The van der Waals surface area contributed by atoms with E-state index in [0.29, 0.717) is 29.7 Å². The average Bonchev–Trinajstić information content (AvgIpc) is 3.20. The summed E-state index contributed by atoms with van der Waals surface area (Å²) in [5, 5.41) is 5.18. The van der Waals surface area contributed by atoms with Crippen LogP contribution in [0, 0.1) is 11.8 Å². The molecule has 1 aliphatic heterocycles. The number of hydrogen-bond donors (Lipinski definition) is 1. The summed E-state index contributed by atoms with van der Waals surface area (Å²) in [7, 11) is 1.29. The van der Waals surface area contributed by atoms with E-state index in [-0.39, 0.29) is 17.8 Å². The van der Waals surface area contributed by atoms with E-state index in [2.05, 4.69) is 5.32 Å². The third-order valence-corrected chi connectivity index (χ3v) is 6.61. The molecule has 0 fully saturated rings. The highest BCUT2D eigenvalue weighted by Crippen LogP contribution is 2.46. The first-order valence-electron chi connectivity index (χ1n) is 9.87. The number of rotatable bonds is 5. The first kappa shape index (κ1) is 21.3. The molecule has 7 heteroatoms. The molecule has 0 radical (unpaired) electrons. The number of Topliss-reactive ketones (excluding diaryl/α,β-unsaturated/α-hetero) is 1. The molecule has 1 aromatic rings. The van der Waals surface area contributed by atoms with Gasteiger partial charge in [-0.1, -0.05) is 19.9 Å². The van der Waals surface area contributed by atoms with E-state index in [9.17, 15) is 14.4 Å². The standard InChI is InChI=1S/C22H27NO5S/c1-6-12(3)28-22(26)17-13(4)23-14-10-11(2)16(21(25)27-5)20(24)18(14)19(17)15-8-7-9-29-15/h7-9,11-12,16,19,23H,6,10H2,1-5H3/t11-,12+,16-,19-/m1/s1. The van der Waals surface area contributed by atoms with Crippen LogP contribution >= 0.6 is 11.3 Å². The fourth-order valence-electron chi connectivity index (χ4n) is 4.02. The molecule has 2 aliphatic rings. The van der Waals surface area contributed by atoms with Crippen LogP contribution in [-0.2, 0) is 23.9 Å². The summed E-state index contributed by atoms with van der Waals surface area (Å²) < 4.78 is 10.5. The third-order valence-electron chi connectivity index (χ3n) is 5.67. The first-order chi connectivity index (χ1) is 13.8. The number of nitrogens with one attached hydrogen (secondary N) is 1. The largest absolute Gasteiger partial charge is 0.468 e. The van der Waals surface area contributed by atoms with Crippen LogP contribution in [0.5, 0.6) is 0 Å². The van der Waals surface area contributed by atoms with E-state index in [1.807, 2.05) is 45.2 Å². The van der Waals surface area contributed by atoms with Crippen molar-refractivity contribution in [1.29, 1.82) is 0 Å². The van der Waals surface area contributed by atoms with Gasteiger partial charge in [0.2, 0.25) is 0 Å². The van der Waals surface area contributed by atoms with Gasteiger partial charge in [0.05, 0.1) is 24.7 Å². The van der Waals surface area contributed by atoms with Gasteiger partial charge in [-0.15, -0.1) is 11.3 Å². The minimum Gasteiger partial charge on any atom is -0.468 e. The second-order valence-corrected chi connectivity index (χ2v) is 8.65. The molecule has 0 spiro atoms. The Morgan fingerprint density at radius 3 is 2.69 bits per heavy atom. The first-order valence-corrected chi connectivity index (χ1v) is 10.7. The fourth-order valence-corrected chi connectivity index (χ4v) is 4.86. The van der Waals surface area contributed by atoms with Crippen LogP contribution < -0.4 is 5.32 Å². The lowest BCUT2D eigenvalue weighted by Crippen LogP contribution is -2.43. The smallest absolute Gasteiger partial charge is 0.337 e. The lowest BCUT2D eigenvalue weighted by atomic mass is 9.70. The Morgan fingerprint density at radius 1 is 1.38 bits per heavy atom. The summed E-state index contributed by atoms with van der Waals surface area (Å²) in [5.41, 5.74) is 2.37. The summed E-state index contributed by atoms with van der Waals surface area (Å²) in [6.07, 6.45) is 1.00. The van der Waals surface area contributed by atoms with E-state index in [0.717, 1.165) is 10.6 Å². The molecule has 0 saturated carbocycles. The molecular formula is C22H27NO5S. The van der Waals surface area contributed by atoms with Crippen molar-refractivity contribution in [1.82, 2.24) is 5.32 Å². The summed E-state index contributed by atoms with van der Waals surface area (Å²) in [4.78, 5) is 39.7. The van der Waals surface area contributed by atoms with Crippen molar-refractivity contribution in [2.75, 3.05) is 7.11 Å². The maximum absolute atomic E-state index is 13.5. The molecule has 0 saturated heterocycles. The van der Waals surface area contributed by atoms with Crippen molar-refractivity contribution >= 4 is 29.1 Å². The molecule has 3 rings (SSSR count). The van der Waals surface area contributed by atoms with E-state index in [4.69, 9.17) is 9.47 Å². The predicted molar refractivity (Wildman–Crippen MR) is 110 cm³/mol. The number of allylic oxidation sites excluding steroid dienone is 3. The number of hydrogen-bond acceptors (Lipinski definition) is 7. The molecule has 1 N–H and O–H groups in total. The molecule has 1 aromatic heterocycles. The maximum Gasteiger partial charge on any atom is 0.337 e. The Labute approximate surface area is 175 Å². The van der Waals surface area contributed by atoms with Gasteiger partial charge in [0, 0.05) is 21.8 Å². The zero-order chi connectivity index (χ0) is 21.3. The van der Waals surface area contributed by atoms with E-state index < -0.39 is 23.8 Å². The fraction of sp³-hybridized carbons (Fsp3) is 0.500. The normalized spacial score (nSPS) is 25.3. The highest BCUT2D eigenvalue weighted by Gasteiger charge is 2.47. The number of carbonyl (C=O) groups is 3. The second-order valence-electron chi connectivity index (χ2n) is 7.67. The third kappa shape index (κ3) is 3.88. The number of thiophene rings is 1. The van der Waals surface area contributed by atoms with Gasteiger partial charge in [0.15, 0.2) is 5.78 Å². The zero-order valence-corrected chi connectivity index (χ0v) is 18.2. The van der Waals surface area contributed by atoms with Gasteiger partial charge >= 0.3 is 11.9 Å². The van der Waals surface area contributed by atoms with Crippen molar-refractivity contribution < 1.29 is 23.9 Å². The van der Waals surface area contributed by atoms with Crippen molar-refractivity contribution in [3.63, 3.8) is 0 Å². The average molecular weight is 418 g/mol. The summed E-state index contributed by atoms with van der Waals surface area (Å²) in [5.74, 6) is -2.85. The Bertz CT molecular complexity index is 883. The maximum atomic E-state index is 13.5. The molecule has 4 atom stereocenters. The van der Waals surface area contributed by atoms with Crippen molar-refractivity contribution in [2.24, 2.45) is 11.8 Å². The number of ketones is 1. The highest BCUT2D eigenvalue weighted by atomic mass is 32.1. The molecule has 6 nitrogen and oxygen atoms in total. The molecule has 1 aliphatic carbocycles. The molecule has 0 amide bonds. The summed E-state index contributed by atoms with van der Waals surface area (Å²) in [6.45, 7) is 7.49. The Balaban J connectivity index is 2.10. The molecule has 29 heavy (non-hydrogen) atoms. The lowest BCUT2D eigenvalue weighted by Gasteiger charge is -2.38. The van der Waals surface area contributed by atoms with Gasteiger partial charge in [-0.25, -0.2) is 4.79 Å². The lowest BCUT2D eigenvalue weighted by molar-refractivity contribution is -0.151.